The molecule has 6 heteroatoms. The standard InChI is InChI=1S/C23H24ClN3O2/c24-17-8-6-16(7-9-17)22(10-3-11-22)21(29)27-14-12-23(13-15-27)25-19-5-2-1-4-18(19)20(28)26-23/h1-2,4-9,25H,3,10-15H2,(H,26,28). The summed E-state index contributed by atoms with van der Waals surface area (Å²) >= 11 is 6.04. The van der Waals surface area contributed by atoms with Crippen LogP contribution in [-0.2, 0) is 10.2 Å². The topological polar surface area (TPSA) is 61.4 Å². The zero-order chi connectivity index (χ0) is 20.1. The maximum absolute atomic E-state index is 13.5. The highest BCUT2D eigenvalue weighted by atomic mass is 35.5. The Labute approximate surface area is 175 Å². The highest BCUT2D eigenvalue weighted by Gasteiger charge is 2.49. The van der Waals surface area contributed by atoms with E-state index in [9.17, 15) is 9.59 Å². The molecule has 0 unspecified atom stereocenters. The Kier molecular flexibility index (Phi) is 4.32. The molecule has 1 saturated carbocycles. The second-order valence-corrected chi connectivity index (χ2v) is 8.88. The molecule has 1 saturated heterocycles. The number of rotatable bonds is 2. The van der Waals surface area contributed by atoms with Crippen molar-refractivity contribution < 1.29 is 9.59 Å². The number of hydrogen-bond acceptors (Lipinski definition) is 3. The Bertz CT molecular complexity index is 960. The zero-order valence-electron chi connectivity index (χ0n) is 16.2. The lowest BCUT2D eigenvalue weighted by molar-refractivity contribution is -0.142. The van der Waals surface area contributed by atoms with Crippen LogP contribution in [-0.4, -0.2) is 35.5 Å². The molecule has 2 aromatic carbocycles. The average Bonchev–Trinajstić information content (AvgIpc) is 2.69. The first kappa shape index (κ1) is 18.5. The molecule has 0 bridgehead atoms. The van der Waals surface area contributed by atoms with E-state index in [0.717, 1.165) is 30.5 Å². The van der Waals surface area contributed by atoms with E-state index in [4.69, 9.17) is 11.6 Å². The van der Waals surface area contributed by atoms with Crippen LogP contribution >= 0.6 is 11.6 Å². The van der Waals surface area contributed by atoms with Gasteiger partial charge < -0.3 is 15.5 Å². The molecule has 29 heavy (non-hydrogen) atoms. The van der Waals surface area contributed by atoms with Gasteiger partial charge >= 0.3 is 0 Å². The lowest BCUT2D eigenvalue weighted by Gasteiger charge is -2.49. The second-order valence-electron chi connectivity index (χ2n) is 8.44. The number of anilines is 1. The van der Waals surface area contributed by atoms with Gasteiger partial charge in [-0.3, -0.25) is 9.59 Å². The Morgan fingerprint density at radius 1 is 0.931 bits per heavy atom. The smallest absolute Gasteiger partial charge is 0.255 e. The second kappa shape index (κ2) is 6.77. The van der Waals surface area contributed by atoms with E-state index in [0.29, 0.717) is 36.5 Å². The van der Waals surface area contributed by atoms with Crippen molar-refractivity contribution in [3.8, 4) is 0 Å². The van der Waals surface area contributed by atoms with Gasteiger partial charge in [0.1, 0.15) is 5.66 Å². The van der Waals surface area contributed by atoms with Gasteiger partial charge in [-0.25, -0.2) is 0 Å². The molecule has 5 rings (SSSR count). The summed E-state index contributed by atoms with van der Waals surface area (Å²) in [6.07, 6.45) is 4.22. The van der Waals surface area contributed by atoms with Gasteiger partial charge in [0.25, 0.3) is 5.91 Å². The van der Waals surface area contributed by atoms with Crippen molar-refractivity contribution in [2.75, 3.05) is 18.4 Å². The van der Waals surface area contributed by atoms with Crippen LogP contribution in [0.4, 0.5) is 5.69 Å². The van der Waals surface area contributed by atoms with Crippen molar-refractivity contribution in [2.45, 2.75) is 43.2 Å². The maximum Gasteiger partial charge on any atom is 0.255 e. The van der Waals surface area contributed by atoms with E-state index < -0.39 is 11.1 Å². The summed E-state index contributed by atoms with van der Waals surface area (Å²) in [6, 6.07) is 15.3. The molecule has 2 aromatic rings. The molecule has 0 atom stereocenters. The van der Waals surface area contributed by atoms with Crippen molar-refractivity contribution in [1.29, 1.82) is 0 Å². The summed E-state index contributed by atoms with van der Waals surface area (Å²) in [5.74, 6) is 0.166. The first-order chi connectivity index (χ1) is 14.0. The monoisotopic (exact) mass is 409 g/mol. The summed E-state index contributed by atoms with van der Waals surface area (Å²) in [6.45, 7) is 1.26. The van der Waals surface area contributed by atoms with Gasteiger partial charge in [-0.05, 0) is 42.7 Å². The summed E-state index contributed by atoms with van der Waals surface area (Å²) < 4.78 is 0. The highest BCUT2D eigenvalue weighted by Crippen LogP contribution is 2.46. The normalized spacial score (nSPS) is 21.6. The fraction of sp³-hybridized carbons (Fsp3) is 0.391. The molecular formula is C23H24ClN3O2. The average molecular weight is 410 g/mol. The number of amides is 2. The Hall–Kier alpha value is -2.53. The summed E-state index contributed by atoms with van der Waals surface area (Å²) in [5, 5.41) is 7.36. The van der Waals surface area contributed by atoms with Crippen molar-refractivity contribution in [3.63, 3.8) is 0 Å². The molecule has 1 spiro atoms. The molecular weight excluding hydrogens is 386 g/mol. The van der Waals surface area contributed by atoms with Gasteiger partial charge in [-0.15, -0.1) is 0 Å². The molecule has 3 aliphatic rings. The molecule has 5 nitrogen and oxygen atoms in total. The lowest BCUT2D eigenvalue weighted by atomic mass is 9.63. The largest absolute Gasteiger partial charge is 0.362 e. The van der Waals surface area contributed by atoms with Crippen molar-refractivity contribution >= 4 is 29.1 Å². The number of nitrogens with zero attached hydrogens (tertiary/aromatic N) is 1. The van der Waals surface area contributed by atoms with Crippen LogP contribution in [0.2, 0.25) is 5.02 Å². The molecule has 0 radical (unpaired) electrons. The third kappa shape index (κ3) is 2.99. The van der Waals surface area contributed by atoms with Gasteiger partial charge in [0.05, 0.1) is 11.0 Å². The minimum atomic E-state index is -0.477. The predicted octanol–water partition coefficient (Wildman–Crippen LogP) is 3.94. The molecule has 2 N–H and O–H groups in total. The van der Waals surface area contributed by atoms with E-state index in [-0.39, 0.29) is 11.8 Å². The number of fused-ring (bicyclic) bond motifs is 1. The molecule has 150 valence electrons. The molecule has 2 aliphatic heterocycles. The molecule has 2 amide bonds. The Morgan fingerprint density at radius 3 is 2.28 bits per heavy atom. The van der Waals surface area contributed by atoms with E-state index in [1.165, 1.54) is 0 Å². The SMILES string of the molecule is O=C1NC2(CCN(C(=O)C3(c4ccc(Cl)cc4)CCC3)CC2)Nc2ccccc21. The number of benzene rings is 2. The van der Waals surface area contributed by atoms with E-state index in [1.807, 2.05) is 53.4 Å². The first-order valence-corrected chi connectivity index (χ1v) is 10.6. The van der Waals surface area contributed by atoms with Crippen LogP contribution in [0.1, 0.15) is 48.0 Å². The Balaban J connectivity index is 1.32. The van der Waals surface area contributed by atoms with Gasteiger partial charge in [0.15, 0.2) is 0 Å². The number of carbonyl (C=O) groups excluding carboxylic acids is 2. The van der Waals surface area contributed by atoms with Crippen molar-refractivity contribution in [1.82, 2.24) is 10.2 Å². The third-order valence-electron chi connectivity index (χ3n) is 6.82. The molecule has 0 aromatic heterocycles. The number of hydrogen-bond donors (Lipinski definition) is 2. The van der Waals surface area contributed by atoms with E-state index >= 15 is 0 Å². The van der Waals surface area contributed by atoms with Crippen molar-refractivity contribution in [2.24, 2.45) is 0 Å². The third-order valence-corrected chi connectivity index (χ3v) is 7.07. The number of halogens is 1. The summed E-state index contributed by atoms with van der Waals surface area (Å²) in [4.78, 5) is 28.0. The Morgan fingerprint density at radius 2 is 1.62 bits per heavy atom. The maximum atomic E-state index is 13.5. The van der Waals surface area contributed by atoms with Crippen LogP contribution in [0.25, 0.3) is 0 Å². The van der Waals surface area contributed by atoms with Crippen LogP contribution in [0.5, 0.6) is 0 Å². The predicted molar refractivity (Wildman–Crippen MR) is 113 cm³/mol. The highest BCUT2D eigenvalue weighted by molar-refractivity contribution is 6.30. The van der Waals surface area contributed by atoms with Gasteiger partial charge in [-0.1, -0.05) is 42.3 Å². The molecule has 2 heterocycles. The number of carbonyl (C=O) groups is 2. The number of piperidine rings is 1. The first-order valence-electron chi connectivity index (χ1n) is 10.3. The van der Waals surface area contributed by atoms with Crippen LogP contribution in [0.3, 0.4) is 0 Å². The van der Waals surface area contributed by atoms with E-state index in [1.54, 1.807) is 0 Å². The van der Waals surface area contributed by atoms with Crippen LogP contribution in [0, 0.1) is 0 Å². The molecule has 1 aliphatic carbocycles. The fourth-order valence-electron chi connectivity index (χ4n) is 4.93. The van der Waals surface area contributed by atoms with Gasteiger partial charge in [0, 0.05) is 36.6 Å². The quantitative estimate of drug-likeness (QED) is 0.789. The number of para-hydroxylation sites is 1. The number of likely N-dealkylation sites (tertiary alicyclic amines) is 1. The summed E-state index contributed by atoms with van der Waals surface area (Å²) in [5.41, 5.74) is 1.72. The minimum Gasteiger partial charge on any atom is -0.362 e. The number of nitrogens with one attached hydrogen (secondary N) is 2. The van der Waals surface area contributed by atoms with E-state index in [2.05, 4.69) is 10.6 Å². The van der Waals surface area contributed by atoms with Crippen LogP contribution < -0.4 is 10.6 Å². The lowest BCUT2D eigenvalue weighted by Crippen LogP contribution is -2.64. The van der Waals surface area contributed by atoms with Crippen molar-refractivity contribution in [3.05, 3.63) is 64.7 Å². The van der Waals surface area contributed by atoms with Gasteiger partial charge in [-0.2, -0.15) is 0 Å². The zero-order valence-corrected chi connectivity index (χ0v) is 17.0. The summed E-state index contributed by atoms with van der Waals surface area (Å²) in [7, 11) is 0. The fourth-order valence-corrected chi connectivity index (χ4v) is 5.06. The van der Waals surface area contributed by atoms with Gasteiger partial charge in [0.2, 0.25) is 5.91 Å². The minimum absolute atomic E-state index is 0.0456. The molecule has 2 fully saturated rings. The van der Waals surface area contributed by atoms with Crippen LogP contribution in [0.15, 0.2) is 48.5 Å².